The van der Waals surface area contributed by atoms with Crippen LogP contribution in [0.5, 0.6) is 0 Å². The molecule has 0 aromatic carbocycles. The zero-order chi connectivity index (χ0) is 18.1. The first-order valence-corrected chi connectivity index (χ1v) is 10.6. The monoisotopic (exact) mass is 474 g/mol. The van der Waals surface area contributed by atoms with Crippen LogP contribution in [0.1, 0.15) is 83.1 Å². The van der Waals surface area contributed by atoms with E-state index in [-0.39, 0.29) is 27.3 Å². The van der Waals surface area contributed by atoms with E-state index in [9.17, 15) is 0 Å². The Morgan fingerprint density at radius 3 is 0.762 bits per heavy atom. The maximum Gasteiger partial charge on any atom is -0.0878 e. The predicted octanol–water partition coefficient (Wildman–Crippen LogP) is 6.50. The molecule has 0 unspecified atom stereocenters. The molecular formula is C20H42Os. The van der Waals surface area contributed by atoms with Gasteiger partial charge in [-0.1, -0.05) is 41.5 Å². The van der Waals surface area contributed by atoms with Crippen molar-refractivity contribution in [3.05, 3.63) is 13.8 Å². The topological polar surface area (TPSA) is 0 Å². The van der Waals surface area contributed by atoms with Crippen LogP contribution in [-0.4, -0.2) is 9.14 Å². The van der Waals surface area contributed by atoms with E-state index in [0.717, 1.165) is 0 Å². The van der Waals surface area contributed by atoms with Crippen molar-refractivity contribution in [3.63, 3.8) is 0 Å². The van der Waals surface area contributed by atoms with Gasteiger partial charge in [-0.2, -0.15) is 10.8 Å². The standard InChI is InChI=1S/2C5H11.2C5H10.Os/c4*1-5(2,3)4;/h2*1H2,2-4H3;2*1H,2-4H3;/q2*-1;;;+2. The first kappa shape index (κ1) is 26.3. The molecule has 0 aliphatic rings. The van der Waals surface area contributed by atoms with Crippen LogP contribution in [0.4, 0.5) is 0 Å². The largest absolute Gasteiger partial charge is 0.338 e. The average Bonchev–Trinajstić information content (AvgIpc) is 1.89. The summed E-state index contributed by atoms with van der Waals surface area (Å²) in [5.74, 6) is 0. The van der Waals surface area contributed by atoms with Crippen LogP contribution in [0.15, 0.2) is 0 Å². The third-order valence-electron chi connectivity index (χ3n) is 0.730. The molecule has 0 atom stereocenters. The van der Waals surface area contributed by atoms with E-state index in [1.807, 2.05) is 0 Å². The summed E-state index contributed by atoms with van der Waals surface area (Å²) in [6.45, 7) is 33.6. The number of hydrogen-bond acceptors (Lipinski definition) is 0. The fourth-order valence-electron chi connectivity index (χ4n) is 0.383. The second-order valence-electron chi connectivity index (χ2n) is 10.2. The molecule has 0 N–H and O–H groups in total. The van der Waals surface area contributed by atoms with Gasteiger partial charge in [-0.3, -0.25) is 0 Å². The molecule has 0 amide bonds. The van der Waals surface area contributed by atoms with Crippen molar-refractivity contribution in [1.82, 2.24) is 0 Å². The van der Waals surface area contributed by atoms with Gasteiger partial charge in [0.15, 0.2) is 0 Å². The van der Waals surface area contributed by atoms with E-state index >= 15 is 0 Å². The van der Waals surface area contributed by atoms with Gasteiger partial charge in [0.2, 0.25) is 0 Å². The third kappa shape index (κ3) is 98.1. The second-order valence-corrected chi connectivity index (χ2v) is 12.5. The SMILES string of the molecule is CC(C)(C)[CH]=[Os+2]=[CH]C(C)(C)C.[CH2-]C(C)(C)C.[CH2-]C(C)(C)C. The fraction of sp³-hybridized carbons (Fsp3) is 0.800. The molecule has 0 aromatic heterocycles. The predicted molar refractivity (Wildman–Crippen MR) is 101 cm³/mol. The molecule has 0 radical (unpaired) electrons. The Kier molecular flexibility index (Phi) is 12.8. The van der Waals surface area contributed by atoms with Crippen molar-refractivity contribution in [2.75, 3.05) is 0 Å². The van der Waals surface area contributed by atoms with E-state index in [0.29, 0.717) is 10.8 Å². The molecule has 0 bridgehead atoms. The summed E-state index contributed by atoms with van der Waals surface area (Å²) >= 11 is -0.0471. The molecule has 0 nitrogen and oxygen atoms in total. The molecule has 130 valence electrons. The molecule has 21 heavy (non-hydrogen) atoms. The summed E-state index contributed by atoms with van der Waals surface area (Å²) in [7, 11) is 0. The molecule has 0 spiro atoms. The molecule has 0 saturated heterocycles. The molecule has 1 heteroatoms. The van der Waals surface area contributed by atoms with Gasteiger partial charge < -0.3 is 13.8 Å². The summed E-state index contributed by atoms with van der Waals surface area (Å²) in [5.41, 5.74) is 1.35. The maximum atomic E-state index is 3.77. The van der Waals surface area contributed by atoms with Gasteiger partial charge in [-0.15, -0.1) is 0 Å². The van der Waals surface area contributed by atoms with E-state index in [1.165, 1.54) is 0 Å². The van der Waals surface area contributed by atoms with Crippen LogP contribution in [0.25, 0.3) is 0 Å². The molecule has 0 aromatic rings. The van der Waals surface area contributed by atoms with Crippen molar-refractivity contribution in [1.29, 1.82) is 0 Å². The van der Waals surface area contributed by atoms with Crippen molar-refractivity contribution >= 4 is 9.14 Å². The van der Waals surface area contributed by atoms with Crippen molar-refractivity contribution in [3.8, 4) is 0 Å². The van der Waals surface area contributed by atoms with Gasteiger partial charge in [0.25, 0.3) is 0 Å². The molecule has 0 saturated carbocycles. The number of rotatable bonds is 0. The van der Waals surface area contributed by atoms with E-state index in [1.54, 1.807) is 0 Å². The van der Waals surface area contributed by atoms with E-state index in [4.69, 9.17) is 0 Å². The fourth-order valence-corrected chi connectivity index (χ4v) is 3.14. The molecule has 0 fully saturated rings. The van der Waals surface area contributed by atoms with Crippen LogP contribution >= 0.6 is 0 Å². The molecule has 0 aliphatic carbocycles. The van der Waals surface area contributed by atoms with Gasteiger partial charge in [-0.25, -0.2) is 0 Å². The Bertz CT molecular complexity index is 260. The minimum atomic E-state index is -0.0471. The average molecular weight is 473 g/mol. The zero-order valence-corrected chi connectivity index (χ0v) is 19.5. The van der Waals surface area contributed by atoms with Crippen LogP contribution in [-0.2, 0) is 16.5 Å². The molecule has 0 aliphatic heterocycles. The first-order chi connectivity index (χ1) is 8.71. The Morgan fingerprint density at radius 1 is 0.524 bits per heavy atom. The first-order valence-electron chi connectivity index (χ1n) is 7.69. The third-order valence-corrected chi connectivity index (χ3v) is 5.98. The summed E-state index contributed by atoms with van der Waals surface area (Å²) in [6.07, 6.45) is 0. The molecule has 0 heterocycles. The van der Waals surface area contributed by atoms with Gasteiger partial charge in [0, 0.05) is 0 Å². The van der Waals surface area contributed by atoms with Crippen LogP contribution < -0.4 is 0 Å². The molecular weight excluding hydrogens is 430 g/mol. The second kappa shape index (κ2) is 10.2. The smallest absolute Gasteiger partial charge is 0.0878 e. The van der Waals surface area contributed by atoms with Crippen LogP contribution in [0.2, 0.25) is 0 Å². The summed E-state index contributed by atoms with van der Waals surface area (Å²) in [6, 6.07) is 0. The Hall–Kier alpha value is 0.376. The Morgan fingerprint density at radius 2 is 0.667 bits per heavy atom. The minimum absolute atomic E-state index is 0.0471. The Balaban J connectivity index is -0.000000270. The Labute approximate surface area is 144 Å². The summed E-state index contributed by atoms with van der Waals surface area (Å²) < 4.78 is 5.00. The van der Waals surface area contributed by atoms with Gasteiger partial charge >= 0.3 is 78.0 Å². The quantitative estimate of drug-likeness (QED) is 0.353. The zero-order valence-electron chi connectivity index (χ0n) is 16.9. The van der Waals surface area contributed by atoms with Crippen molar-refractivity contribution < 1.29 is 16.5 Å². The minimum Gasteiger partial charge on any atom is -0.338 e. The van der Waals surface area contributed by atoms with E-state index in [2.05, 4.69) is 106 Å². The summed E-state index contributed by atoms with van der Waals surface area (Å²) in [4.78, 5) is 0. The van der Waals surface area contributed by atoms with Crippen LogP contribution in [0, 0.1) is 35.5 Å². The van der Waals surface area contributed by atoms with Gasteiger partial charge in [0.1, 0.15) is 0 Å². The van der Waals surface area contributed by atoms with Gasteiger partial charge in [-0.05, 0) is 0 Å². The normalized spacial score (nSPS) is 12.3. The van der Waals surface area contributed by atoms with Crippen molar-refractivity contribution in [2.45, 2.75) is 83.1 Å². The summed E-state index contributed by atoms with van der Waals surface area (Å²) in [5, 5.41) is 0. The van der Waals surface area contributed by atoms with Crippen molar-refractivity contribution in [2.24, 2.45) is 21.7 Å². The number of hydrogen-bond donors (Lipinski definition) is 0. The van der Waals surface area contributed by atoms with Crippen LogP contribution in [0.3, 0.4) is 0 Å². The van der Waals surface area contributed by atoms with Gasteiger partial charge in [0.05, 0.1) is 0 Å². The maximum absolute atomic E-state index is 3.77. The molecule has 0 rings (SSSR count). The van der Waals surface area contributed by atoms with E-state index < -0.39 is 0 Å².